The van der Waals surface area contributed by atoms with Gasteiger partial charge in [-0.3, -0.25) is 4.79 Å². The van der Waals surface area contributed by atoms with Gasteiger partial charge in [0, 0.05) is 6.54 Å². The minimum Gasteiger partial charge on any atom is -0.493 e. The summed E-state index contributed by atoms with van der Waals surface area (Å²) in [5, 5.41) is 2.73. The van der Waals surface area contributed by atoms with Crippen molar-refractivity contribution >= 4 is 5.91 Å². The predicted molar refractivity (Wildman–Crippen MR) is 92.7 cm³/mol. The van der Waals surface area contributed by atoms with E-state index in [2.05, 4.69) is 10.1 Å². The number of alkyl halides is 2. The van der Waals surface area contributed by atoms with Crippen LogP contribution >= 0.6 is 0 Å². The molecule has 0 saturated heterocycles. The number of nitrogens with one attached hydrogen (secondary N) is 1. The summed E-state index contributed by atoms with van der Waals surface area (Å²) in [4.78, 5) is 12.2. The van der Waals surface area contributed by atoms with Crippen LogP contribution in [0.4, 0.5) is 8.78 Å². The number of amides is 1. The molecule has 0 aliphatic carbocycles. The highest BCUT2D eigenvalue weighted by Gasteiger charge is 2.15. The molecule has 0 fully saturated rings. The van der Waals surface area contributed by atoms with Gasteiger partial charge in [-0.15, -0.1) is 0 Å². The molecule has 1 amide bonds. The van der Waals surface area contributed by atoms with Gasteiger partial charge >= 0.3 is 6.61 Å². The number of halogens is 2. The van der Waals surface area contributed by atoms with Crippen LogP contribution < -0.4 is 19.5 Å². The topological polar surface area (TPSA) is 56.8 Å². The molecule has 2 aromatic rings. The lowest BCUT2D eigenvalue weighted by molar-refractivity contribution is -0.127. The van der Waals surface area contributed by atoms with Crippen LogP contribution in [-0.2, 0) is 11.3 Å². The third-order valence-corrected chi connectivity index (χ3v) is 3.61. The number of hydrogen-bond donors (Lipinski definition) is 1. The summed E-state index contributed by atoms with van der Waals surface area (Å²) in [6.45, 7) is 0.877. The van der Waals surface area contributed by atoms with E-state index in [4.69, 9.17) is 9.47 Å². The Morgan fingerprint density at radius 2 is 1.77 bits per heavy atom. The third-order valence-electron chi connectivity index (χ3n) is 3.61. The summed E-state index contributed by atoms with van der Waals surface area (Å²) in [7, 11) is 1.35. The first kappa shape index (κ1) is 19.5. The second-order valence-electron chi connectivity index (χ2n) is 5.65. The zero-order valence-corrected chi connectivity index (χ0v) is 14.8. The van der Waals surface area contributed by atoms with Crippen LogP contribution in [0.15, 0.2) is 42.5 Å². The van der Waals surface area contributed by atoms with Crippen molar-refractivity contribution < 1.29 is 27.8 Å². The largest absolute Gasteiger partial charge is 0.493 e. The molecule has 0 saturated carbocycles. The minimum atomic E-state index is -2.94. The highest BCUT2D eigenvalue weighted by molar-refractivity contribution is 5.80. The first-order valence-electron chi connectivity index (χ1n) is 8.02. The van der Waals surface area contributed by atoms with Gasteiger partial charge in [0.2, 0.25) is 0 Å². The number of carbonyl (C=O) groups excluding carboxylic acids is 1. The molecule has 1 N–H and O–H groups in total. The average molecular weight is 365 g/mol. The molecule has 0 bridgehead atoms. The van der Waals surface area contributed by atoms with Gasteiger partial charge in [0.15, 0.2) is 17.6 Å². The van der Waals surface area contributed by atoms with E-state index in [0.29, 0.717) is 11.3 Å². The second kappa shape index (κ2) is 9.03. The molecular formula is C19H21F2NO4. The van der Waals surface area contributed by atoms with Gasteiger partial charge in [0.1, 0.15) is 5.75 Å². The SMILES string of the molecule is COc1cc(CNC(=O)C(C)Oc2ccc(C)cc2)ccc1OC(F)F. The van der Waals surface area contributed by atoms with Gasteiger partial charge in [-0.25, -0.2) is 0 Å². The maximum Gasteiger partial charge on any atom is 0.387 e. The fraction of sp³-hybridized carbons (Fsp3) is 0.316. The lowest BCUT2D eigenvalue weighted by Crippen LogP contribution is -2.35. The van der Waals surface area contributed by atoms with Crippen LogP contribution in [0, 0.1) is 6.92 Å². The number of aryl methyl sites for hydroxylation is 1. The monoisotopic (exact) mass is 365 g/mol. The molecule has 0 radical (unpaired) electrons. The summed E-state index contributed by atoms with van der Waals surface area (Å²) in [5.74, 6) is 0.417. The minimum absolute atomic E-state index is 0.0614. The zero-order valence-electron chi connectivity index (χ0n) is 14.8. The number of rotatable bonds is 8. The van der Waals surface area contributed by atoms with Gasteiger partial charge in [0.05, 0.1) is 7.11 Å². The highest BCUT2D eigenvalue weighted by Crippen LogP contribution is 2.29. The van der Waals surface area contributed by atoms with E-state index < -0.39 is 12.7 Å². The molecule has 0 aliphatic heterocycles. The molecule has 140 valence electrons. The number of hydrogen-bond acceptors (Lipinski definition) is 4. The average Bonchev–Trinajstić information content (AvgIpc) is 2.62. The molecule has 1 atom stereocenters. The molecule has 26 heavy (non-hydrogen) atoms. The maximum absolute atomic E-state index is 12.3. The van der Waals surface area contributed by atoms with Crippen LogP contribution in [0.1, 0.15) is 18.1 Å². The molecule has 2 rings (SSSR count). The van der Waals surface area contributed by atoms with Crippen molar-refractivity contribution in [1.29, 1.82) is 0 Å². The Labute approximate surface area is 150 Å². The molecule has 0 heterocycles. The van der Waals surface area contributed by atoms with E-state index >= 15 is 0 Å². The van der Waals surface area contributed by atoms with Crippen molar-refractivity contribution in [1.82, 2.24) is 5.32 Å². The van der Waals surface area contributed by atoms with Crippen LogP contribution in [0.3, 0.4) is 0 Å². The summed E-state index contributed by atoms with van der Waals surface area (Å²) < 4.78 is 39.7. The van der Waals surface area contributed by atoms with Crippen molar-refractivity contribution in [3.8, 4) is 17.2 Å². The van der Waals surface area contributed by atoms with E-state index in [-0.39, 0.29) is 24.0 Å². The lowest BCUT2D eigenvalue weighted by Gasteiger charge is -2.15. The first-order valence-corrected chi connectivity index (χ1v) is 8.02. The second-order valence-corrected chi connectivity index (χ2v) is 5.65. The number of ether oxygens (including phenoxy) is 3. The van der Waals surface area contributed by atoms with Crippen molar-refractivity contribution in [2.45, 2.75) is 33.1 Å². The Bertz CT molecular complexity index is 735. The molecule has 2 aromatic carbocycles. The van der Waals surface area contributed by atoms with Crippen LogP contribution in [0.2, 0.25) is 0 Å². The van der Waals surface area contributed by atoms with Crippen LogP contribution in [0.5, 0.6) is 17.2 Å². The molecular weight excluding hydrogens is 344 g/mol. The number of benzene rings is 2. The fourth-order valence-corrected chi connectivity index (χ4v) is 2.22. The third kappa shape index (κ3) is 5.61. The standard InChI is InChI=1S/C19H21F2NO4/c1-12-4-7-15(8-5-12)25-13(2)18(23)22-11-14-6-9-16(26-19(20)21)17(10-14)24-3/h4-10,13,19H,11H2,1-3H3,(H,22,23). The molecule has 0 spiro atoms. The summed E-state index contributed by atoms with van der Waals surface area (Å²) in [5.41, 5.74) is 1.78. The van der Waals surface area contributed by atoms with Crippen molar-refractivity contribution in [3.05, 3.63) is 53.6 Å². The van der Waals surface area contributed by atoms with E-state index in [1.54, 1.807) is 25.1 Å². The number of carbonyl (C=O) groups is 1. The van der Waals surface area contributed by atoms with Gasteiger partial charge in [-0.1, -0.05) is 23.8 Å². The quantitative estimate of drug-likeness (QED) is 0.775. The first-order chi connectivity index (χ1) is 12.4. The smallest absolute Gasteiger partial charge is 0.387 e. The molecule has 5 nitrogen and oxygen atoms in total. The van der Waals surface area contributed by atoms with Crippen LogP contribution in [-0.4, -0.2) is 25.7 Å². The van der Waals surface area contributed by atoms with Gasteiger partial charge in [0.25, 0.3) is 5.91 Å². The molecule has 0 aliphatic rings. The van der Waals surface area contributed by atoms with E-state index in [9.17, 15) is 13.6 Å². The lowest BCUT2D eigenvalue weighted by atomic mass is 10.2. The van der Waals surface area contributed by atoms with Gasteiger partial charge < -0.3 is 19.5 Å². The summed E-state index contributed by atoms with van der Waals surface area (Å²) in [6.07, 6.45) is -0.680. The zero-order chi connectivity index (χ0) is 19.1. The van der Waals surface area contributed by atoms with Crippen molar-refractivity contribution in [2.24, 2.45) is 0 Å². The number of methoxy groups -OCH3 is 1. The fourth-order valence-electron chi connectivity index (χ4n) is 2.22. The van der Waals surface area contributed by atoms with Gasteiger partial charge in [-0.05, 0) is 43.7 Å². The molecule has 7 heteroatoms. The summed E-state index contributed by atoms with van der Waals surface area (Å²) >= 11 is 0. The maximum atomic E-state index is 12.3. The Morgan fingerprint density at radius 1 is 1.08 bits per heavy atom. The van der Waals surface area contributed by atoms with E-state index in [0.717, 1.165) is 5.56 Å². The van der Waals surface area contributed by atoms with E-state index in [1.807, 2.05) is 19.1 Å². The van der Waals surface area contributed by atoms with Crippen molar-refractivity contribution in [3.63, 3.8) is 0 Å². The Hall–Kier alpha value is -2.83. The molecule has 1 unspecified atom stereocenters. The normalized spacial score (nSPS) is 11.8. The predicted octanol–water partition coefficient (Wildman–Crippen LogP) is 3.69. The Morgan fingerprint density at radius 3 is 2.38 bits per heavy atom. The Kier molecular flexibility index (Phi) is 6.77. The summed E-state index contributed by atoms with van der Waals surface area (Å²) in [6, 6.07) is 11.9. The van der Waals surface area contributed by atoms with Crippen molar-refractivity contribution in [2.75, 3.05) is 7.11 Å². The molecule has 0 aromatic heterocycles. The van der Waals surface area contributed by atoms with Gasteiger partial charge in [-0.2, -0.15) is 8.78 Å². The van der Waals surface area contributed by atoms with E-state index in [1.165, 1.54) is 19.2 Å². The Balaban J connectivity index is 1.92. The highest BCUT2D eigenvalue weighted by atomic mass is 19.3. The van der Waals surface area contributed by atoms with Crippen LogP contribution in [0.25, 0.3) is 0 Å².